The third-order valence-corrected chi connectivity index (χ3v) is 5.95. The first-order valence-corrected chi connectivity index (χ1v) is 10.9. The van der Waals surface area contributed by atoms with Gasteiger partial charge in [-0.05, 0) is 42.3 Å². The highest BCUT2D eigenvalue weighted by Crippen LogP contribution is 2.41. The van der Waals surface area contributed by atoms with Crippen LogP contribution >= 0.6 is 34.8 Å². The van der Waals surface area contributed by atoms with Gasteiger partial charge in [-0.2, -0.15) is 0 Å². The van der Waals surface area contributed by atoms with Crippen LogP contribution < -0.4 is 9.47 Å². The summed E-state index contributed by atoms with van der Waals surface area (Å²) in [5, 5.41) is 10.7. The van der Waals surface area contributed by atoms with E-state index in [0.29, 0.717) is 21.5 Å². The van der Waals surface area contributed by atoms with E-state index >= 15 is 0 Å². The van der Waals surface area contributed by atoms with Gasteiger partial charge in [0.15, 0.2) is 11.5 Å². The van der Waals surface area contributed by atoms with Gasteiger partial charge in [0.25, 0.3) is 0 Å². The third-order valence-electron chi connectivity index (χ3n) is 4.82. The van der Waals surface area contributed by atoms with Gasteiger partial charge in [-0.3, -0.25) is 4.79 Å². The average molecular weight is 490 g/mol. The molecule has 0 aliphatic carbocycles. The number of benzene rings is 2. The summed E-state index contributed by atoms with van der Waals surface area (Å²) >= 11 is 18.6. The lowest BCUT2D eigenvalue weighted by Gasteiger charge is -2.28. The van der Waals surface area contributed by atoms with Crippen molar-refractivity contribution in [3.05, 3.63) is 57.6 Å². The predicted molar refractivity (Wildman–Crippen MR) is 124 cm³/mol. The van der Waals surface area contributed by atoms with Crippen LogP contribution in [0.15, 0.2) is 36.4 Å². The summed E-state index contributed by atoms with van der Waals surface area (Å²) < 4.78 is 15.9. The summed E-state index contributed by atoms with van der Waals surface area (Å²) in [7, 11) is 1.47. The number of alkyl halides is 1. The molecule has 5 nitrogen and oxygen atoms in total. The maximum atomic E-state index is 11.5. The molecule has 1 N–H and O–H groups in total. The molecule has 2 aromatic carbocycles. The Balaban J connectivity index is 2.18. The Labute approximate surface area is 198 Å². The topological polar surface area (TPSA) is 65.0 Å². The Kier molecular flexibility index (Phi) is 9.04. The van der Waals surface area contributed by atoms with E-state index in [0.717, 1.165) is 11.1 Å². The van der Waals surface area contributed by atoms with E-state index in [1.165, 1.54) is 7.11 Å². The molecule has 0 spiro atoms. The van der Waals surface area contributed by atoms with Gasteiger partial charge < -0.3 is 19.3 Å². The first kappa shape index (κ1) is 25.8. The summed E-state index contributed by atoms with van der Waals surface area (Å²) in [4.78, 5) is 11.5. The third kappa shape index (κ3) is 6.99. The molecule has 0 bridgehead atoms. The van der Waals surface area contributed by atoms with Gasteiger partial charge in [0, 0.05) is 12.5 Å². The van der Waals surface area contributed by atoms with Gasteiger partial charge >= 0.3 is 0 Å². The molecule has 0 heterocycles. The van der Waals surface area contributed by atoms with Crippen LogP contribution in [0, 0.1) is 0 Å². The molecule has 2 rings (SSSR count). The second kappa shape index (κ2) is 10.9. The van der Waals surface area contributed by atoms with E-state index in [2.05, 4.69) is 0 Å². The minimum Gasteiger partial charge on any atom is -0.487 e. The molecular weight excluding hydrogens is 463 g/mol. The number of Topliss-reactive ketones (excluding diaryl/α,β-unsaturated/α-hetero) is 1. The average Bonchev–Trinajstić information content (AvgIpc) is 2.72. The zero-order valence-corrected chi connectivity index (χ0v) is 20.3. The van der Waals surface area contributed by atoms with E-state index in [1.54, 1.807) is 19.1 Å². The van der Waals surface area contributed by atoms with Gasteiger partial charge in [0.05, 0.1) is 15.9 Å². The van der Waals surface area contributed by atoms with Crippen LogP contribution in [0.3, 0.4) is 0 Å². The van der Waals surface area contributed by atoms with Crippen molar-refractivity contribution in [2.45, 2.75) is 31.8 Å². The Morgan fingerprint density at radius 1 is 0.968 bits per heavy atom. The maximum Gasteiger partial charge on any atom is 0.195 e. The van der Waals surface area contributed by atoms with E-state index in [1.807, 2.05) is 38.1 Å². The summed E-state index contributed by atoms with van der Waals surface area (Å²) in [6.45, 7) is 5.61. The molecule has 1 unspecified atom stereocenters. The lowest BCUT2D eigenvalue weighted by molar-refractivity contribution is -0.124. The van der Waals surface area contributed by atoms with Crippen LogP contribution in [-0.4, -0.2) is 49.3 Å². The number of hydrogen-bond donors (Lipinski definition) is 1. The number of rotatable bonds is 11. The standard InChI is InChI=1S/C23H27Cl3O5/c1-22(2,15-5-7-18(8-6-15)30-12-17(27)11-29-4)16-9-19(25)21(20(26)10-16)31-14-23(3,28)13-24/h5-10,28H,11-14H2,1-4H3. The number of methoxy groups -OCH3 is 1. The van der Waals surface area contributed by atoms with Crippen molar-refractivity contribution in [1.82, 2.24) is 0 Å². The zero-order chi connectivity index (χ0) is 23.2. The number of aliphatic hydroxyl groups is 1. The second-order valence-corrected chi connectivity index (χ2v) is 9.18. The molecule has 170 valence electrons. The highest BCUT2D eigenvalue weighted by atomic mass is 35.5. The molecule has 8 heteroatoms. The van der Waals surface area contributed by atoms with Gasteiger partial charge in [-0.1, -0.05) is 49.2 Å². The van der Waals surface area contributed by atoms with E-state index in [4.69, 9.17) is 49.0 Å². The van der Waals surface area contributed by atoms with Crippen LogP contribution in [0.4, 0.5) is 0 Å². The fourth-order valence-corrected chi connectivity index (χ4v) is 3.50. The van der Waals surface area contributed by atoms with Crippen LogP contribution in [0.1, 0.15) is 31.9 Å². The summed E-state index contributed by atoms with van der Waals surface area (Å²) in [5.74, 6) is 0.784. The Morgan fingerprint density at radius 2 is 1.55 bits per heavy atom. The quantitative estimate of drug-likeness (QED) is 0.435. The first-order valence-electron chi connectivity index (χ1n) is 9.65. The minimum atomic E-state index is -1.19. The van der Waals surface area contributed by atoms with Crippen molar-refractivity contribution in [3.63, 3.8) is 0 Å². The first-order chi connectivity index (χ1) is 14.5. The van der Waals surface area contributed by atoms with Crippen LogP contribution in [-0.2, 0) is 14.9 Å². The smallest absolute Gasteiger partial charge is 0.195 e. The second-order valence-electron chi connectivity index (χ2n) is 8.10. The zero-order valence-electron chi connectivity index (χ0n) is 18.0. The largest absolute Gasteiger partial charge is 0.487 e. The maximum absolute atomic E-state index is 11.5. The normalized spacial score (nSPS) is 13.5. The summed E-state index contributed by atoms with van der Waals surface area (Å²) in [6.07, 6.45) is 0. The van der Waals surface area contributed by atoms with Gasteiger partial charge in [-0.25, -0.2) is 0 Å². The molecule has 0 saturated heterocycles. The fourth-order valence-electron chi connectivity index (χ4n) is 2.83. The summed E-state index contributed by atoms with van der Waals surface area (Å²) in [5.41, 5.74) is 0.291. The number of hydrogen-bond acceptors (Lipinski definition) is 5. The number of carbonyl (C=O) groups excluding carboxylic acids is 1. The van der Waals surface area contributed by atoms with Crippen molar-refractivity contribution >= 4 is 40.6 Å². The molecule has 1 atom stereocenters. The molecular formula is C23H27Cl3O5. The van der Waals surface area contributed by atoms with Crippen molar-refractivity contribution in [3.8, 4) is 11.5 Å². The highest BCUT2D eigenvalue weighted by Gasteiger charge is 2.27. The molecule has 0 fully saturated rings. The Bertz CT molecular complexity index is 872. The molecule has 31 heavy (non-hydrogen) atoms. The molecule has 0 saturated carbocycles. The number of halogens is 3. The Morgan fingerprint density at radius 3 is 2.06 bits per heavy atom. The van der Waals surface area contributed by atoms with E-state index < -0.39 is 11.0 Å². The monoisotopic (exact) mass is 488 g/mol. The van der Waals surface area contributed by atoms with Crippen molar-refractivity contribution in [2.75, 3.05) is 32.8 Å². The number of ether oxygens (including phenoxy) is 3. The van der Waals surface area contributed by atoms with Crippen molar-refractivity contribution in [2.24, 2.45) is 0 Å². The van der Waals surface area contributed by atoms with Crippen molar-refractivity contribution in [1.29, 1.82) is 0 Å². The SMILES string of the molecule is COCC(=O)COc1ccc(C(C)(C)c2cc(Cl)c(OCC(C)(O)CCl)c(Cl)c2)cc1. The van der Waals surface area contributed by atoms with Crippen LogP contribution in [0.5, 0.6) is 11.5 Å². The lowest BCUT2D eigenvalue weighted by atomic mass is 9.78. The molecule has 0 radical (unpaired) electrons. The van der Waals surface area contributed by atoms with Crippen LogP contribution in [0.25, 0.3) is 0 Å². The number of carbonyl (C=O) groups is 1. The fraction of sp³-hybridized carbons (Fsp3) is 0.435. The van der Waals surface area contributed by atoms with Crippen LogP contribution in [0.2, 0.25) is 10.0 Å². The number of ketones is 1. The lowest BCUT2D eigenvalue weighted by Crippen LogP contribution is -2.34. The van der Waals surface area contributed by atoms with Gasteiger partial charge in [-0.15, -0.1) is 11.6 Å². The minimum absolute atomic E-state index is 0.0214. The molecule has 0 amide bonds. The van der Waals surface area contributed by atoms with E-state index in [-0.39, 0.29) is 31.5 Å². The predicted octanol–water partition coefficient (Wildman–Crippen LogP) is 5.28. The van der Waals surface area contributed by atoms with Crippen molar-refractivity contribution < 1.29 is 24.1 Å². The molecule has 2 aromatic rings. The molecule has 0 aliphatic rings. The highest BCUT2D eigenvalue weighted by molar-refractivity contribution is 6.37. The Hall–Kier alpha value is -1.50. The van der Waals surface area contributed by atoms with Gasteiger partial charge in [0.1, 0.15) is 31.2 Å². The van der Waals surface area contributed by atoms with Gasteiger partial charge in [0.2, 0.25) is 0 Å². The summed E-state index contributed by atoms with van der Waals surface area (Å²) in [6, 6.07) is 11.1. The molecule has 0 aliphatic heterocycles. The molecule has 0 aromatic heterocycles. The van der Waals surface area contributed by atoms with E-state index in [9.17, 15) is 9.90 Å².